The Balaban J connectivity index is 3.25. The topological polar surface area (TPSA) is 51.2 Å². The van der Waals surface area contributed by atoms with Gasteiger partial charge in [-0.15, -0.1) is 0 Å². The van der Waals surface area contributed by atoms with Gasteiger partial charge in [0.15, 0.2) is 5.78 Å². The predicted molar refractivity (Wildman–Crippen MR) is 98.9 cm³/mol. The molecule has 0 spiro atoms. The average Bonchev–Trinajstić information content (AvgIpc) is 2.58. The zero-order valence-corrected chi connectivity index (χ0v) is 15.6. The van der Waals surface area contributed by atoms with Gasteiger partial charge in [0.05, 0.1) is 6.42 Å². The number of carbonyl (C=O) groups is 3. The zero-order chi connectivity index (χ0) is 17.9. The van der Waals surface area contributed by atoms with Gasteiger partial charge in [-0.1, -0.05) is 84.0 Å². The lowest BCUT2D eigenvalue weighted by atomic mass is 10.0. The summed E-state index contributed by atoms with van der Waals surface area (Å²) < 4.78 is 0. The van der Waals surface area contributed by atoms with E-state index in [2.05, 4.69) is 13.3 Å². The predicted octanol–water partition coefficient (Wildman–Crippen LogP) is 5.67. The molecule has 138 valence electrons. The Hall–Kier alpha value is -0.990. The van der Waals surface area contributed by atoms with Crippen LogP contribution in [-0.2, 0) is 14.4 Å². The molecule has 0 fully saturated rings. The van der Waals surface area contributed by atoms with Gasteiger partial charge in [0, 0.05) is 12.8 Å². The summed E-state index contributed by atoms with van der Waals surface area (Å²) in [6.07, 6.45) is 20.4. The van der Waals surface area contributed by atoms with Crippen molar-refractivity contribution in [2.45, 2.75) is 110 Å². The van der Waals surface area contributed by atoms with E-state index in [9.17, 15) is 14.4 Å². The number of hydrogen-bond donors (Lipinski definition) is 0. The van der Waals surface area contributed by atoms with E-state index >= 15 is 0 Å². The van der Waals surface area contributed by atoms with Crippen LogP contribution in [0, 0.1) is 6.42 Å². The Bertz CT molecular complexity index is 323. The quantitative estimate of drug-likeness (QED) is 0.173. The standard InChI is InChI=1S/C21H36O3/c1-2-3-4-5-6-7-8-9-10-11-12-13-14-17-20(23)21(24)18-15-16-19-22/h19H,2-17H2,1H3. The Morgan fingerprint density at radius 1 is 0.750 bits per heavy atom. The molecular weight excluding hydrogens is 300 g/mol. The summed E-state index contributed by atoms with van der Waals surface area (Å²) in [5.41, 5.74) is 0. The fourth-order valence-corrected chi connectivity index (χ4v) is 2.76. The summed E-state index contributed by atoms with van der Waals surface area (Å²) in [5, 5.41) is 0. The maximum absolute atomic E-state index is 11.5. The van der Waals surface area contributed by atoms with E-state index in [1.165, 1.54) is 64.2 Å². The summed E-state index contributed by atoms with van der Waals surface area (Å²) in [7, 11) is 0. The number of rotatable bonds is 19. The molecule has 0 heterocycles. The van der Waals surface area contributed by atoms with E-state index in [0.29, 0.717) is 6.42 Å². The molecule has 0 N–H and O–H groups in total. The molecule has 0 atom stereocenters. The first-order valence-electron chi connectivity index (χ1n) is 9.97. The van der Waals surface area contributed by atoms with Crippen LogP contribution in [0.4, 0.5) is 0 Å². The average molecular weight is 337 g/mol. The van der Waals surface area contributed by atoms with Gasteiger partial charge in [-0.2, -0.15) is 0 Å². The SMILES string of the molecule is CCCCCCCCCCCCCCCC(=O)C(=O)[C]CCC=O. The number of ketones is 2. The monoisotopic (exact) mass is 336 g/mol. The molecule has 0 aromatic heterocycles. The van der Waals surface area contributed by atoms with E-state index in [0.717, 1.165) is 25.5 Å². The lowest BCUT2D eigenvalue weighted by Crippen LogP contribution is -2.13. The van der Waals surface area contributed by atoms with Gasteiger partial charge in [0.2, 0.25) is 5.78 Å². The van der Waals surface area contributed by atoms with Crippen molar-refractivity contribution in [1.82, 2.24) is 0 Å². The minimum absolute atomic E-state index is 0.257. The molecule has 0 unspecified atom stereocenters. The van der Waals surface area contributed by atoms with Crippen molar-refractivity contribution in [3.8, 4) is 0 Å². The van der Waals surface area contributed by atoms with E-state index in [1.807, 2.05) is 0 Å². The highest BCUT2D eigenvalue weighted by atomic mass is 16.2. The molecule has 0 bridgehead atoms. The van der Waals surface area contributed by atoms with Gasteiger partial charge in [0.25, 0.3) is 0 Å². The van der Waals surface area contributed by atoms with Crippen LogP contribution in [0.15, 0.2) is 0 Å². The van der Waals surface area contributed by atoms with E-state index in [-0.39, 0.29) is 18.6 Å². The molecule has 0 saturated heterocycles. The van der Waals surface area contributed by atoms with Crippen molar-refractivity contribution in [2.75, 3.05) is 0 Å². The van der Waals surface area contributed by atoms with E-state index in [1.54, 1.807) is 0 Å². The van der Waals surface area contributed by atoms with Gasteiger partial charge in [0.1, 0.15) is 6.29 Å². The lowest BCUT2D eigenvalue weighted by Gasteiger charge is -2.03. The van der Waals surface area contributed by atoms with Gasteiger partial charge in [-0.05, 0) is 12.8 Å². The molecule has 3 nitrogen and oxygen atoms in total. The number of aldehydes is 1. The fourth-order valence-electron chi connectivity index (χ4n) is 2.76. The second-order valence-corrected chi connectivity index (χ2v) is 6.63. The van der Waals surface area contributed by atoms with Crippen LogP contribution in [0.2, 0.25) is 0 Å². The van der Waals surface area contributed by atoms with Crippen LogP contribution in [-0.4, -0.2) is 17.9 Å². The molecule has 0 aliphatic rings. The number of Topliss-reactive ketones (excluding diaryl/α,β-unsaturated/α-hetero) is 2. The van der Waals surface area contributed by atoms with Crippen molar-refractivity contribution in [2.24, 2.45) is 0 Å². The van der Waals surface area contributed by atoms with Gasteiger partial charge < -0.3 is 4.79 Å². The summed E-state index contributed by atoms with van der Waals surface area (Å²) in [5.74, 6) is -0.903. The highest BCUT2D eigenvalue weighted by Crippen LogP contribution is 2.13. The summed E-state index contributed by atoms with van der Waals surface area (Å²) >= 11 is 0. The number of unbranched alkanes of at least 4 members (excludes halogenated alkanes) is 13. The molecule has 0 saturated carbocycles. The molecule has 0 aliphatic heterocycles. The molecule has 0 rings (SSSR count). The Labute approximate surface area is 149 Å². The van der Waals surface area contributed by atoms with Gasteiger partial charge in [-0.25, -0.2) is 0 Å². The smallest absolute Gasteiger partial charge is 0.206 e. The minimum atomic E-state index is -0.546. The highest BCUT2D eigenvalue weighted by Gasteiger charge is 2.13. The van der Waals surface area contributed by atoms with Gasteiger partial charge in [-0.3, -0.25) is 9.59 Å². The van der Waals surface area contributed by atoms with Crippen LogP contribution in [0.1, 0.15) is 110 Å². The molecule has 0 aromatic rings. The molecule has 2 radical (unpaired) electrons. The molecule has 0 amide bonds. The summed E-state index contributed by atoms with van der Waals surface area (Å²) in [6, 6.07) is 0. The Morgan fingerprint density at radius 3 is 1.67 bits per heavy atom. The van der Waals surface area contributed by atoms with Crippen molar-refractivity contribution in [3.63, 3.8) is 0 Å². The van der Waals surface area contributed by atoms with Crippen LogP contribution >= 0.6 is 0 Å². The number of carbonyl (C=O) groups excluding carboxylic acids is 3. The lowest BCUT2D eigenvalue weighted by molar-refractivity contribution is -0.134. The number of hydrogen-bond acceptors (Lipinski definition) is 3. The normalized spacial score (nSPS) is 10.7. The van der Waals surface area contributed by atoms with Gasteiger partial charge >= 0.3 is 0 Å². The Kier molecular flexibility index (Phi) is 17.6. The zero-order valence-electron chi connectivity index (χ0n) is 15.6. The van der Waals surface area contributed by atoms with Crippen LogP contribution in [0.25, 0.3) is 0 Å². The molecule has 0 aromatic carbocycles. The molecule has 0 aliphatic carbocycles. The van der Waals surface area contributed by atoms with Crippen LogP contribution in [0.5, 0.6) is 0 Å². The first-order chi connectivity index (χ1) is 11.7. The second-order valence-electron chi connectivity index (χ2n) is 6.63. The van der Waals surface area contributed by atoms with Crippen molar-refractivity contribution in [1.29, 1.82) is 0 Å². The molecule has 24 heavy (non-hydrogen) atoms. The van der Waals surface area contributed by atoms with Crippen molar-refractivity contribution in [3.05, 3.63) is 6.42 Å². The van der Waals surface area contributed by atoms with E-state index in [4.69, 9.17) is 0 Å². The Morgan fingerprint density at radius 2 is 1.21 bits per heavy atom. The third kappa shape index (κ3) is 15.9. The third-order valence-electron chi connectivity index (χ3n) is 4.31. The van der Waals surface area contributed by atoms with Crippen molar-refractivity contribution >= 4 is 17.9 Å². The molecule has 3 heteroatoms. The third-order valence-corrected chi connectivity index (χ3v) is 4.31. The maximum atomic E-state index is 11.5. The summed E-state index contributed by atoms with van der Waals surface area (Å²) in [6.45, 7) is 2.25. The highest BCUT2D eigenvalue weighted by molar-refractivity contribution is 6.40. The first-order valence-corrected chi connectivity index (χ1v) is 9.97. The van der Waals surface area contributed by atoms with Crippen molar-refractivity contribution < 1.29 is 14.4 Å². The van der Waals surface area contributed by atoms with Crippen LogP contribution in [0.3, 0.4) is 0 Å². The van der Waals surface area contributed by atoms with E-state index < -0.39 is 5.78 Å². The second kappa shape index (κ2) is 18.4. The van der Waals surface area contributed by atoms with Crippen LogP contribution < -0.4 is 0 Å². The maximum Gasteiger partial charge on any atom is 0.206 e. The fraction of sp³-hybridized carbons (Fsp3) is 0.810. The first kappa shape index (κ1) is 23.0. The molecular formula is C21H36O3. The minimum Gasteiger partial charge on any atom is -0.303 e. The largest absolute Gasteiger partial charge is 0.303 e. The summed E-state index contributed by atoms with van der Waals surface area (Å²) in [4.78, 5) is 33.1.